The van der Waals surface area contributed by atoms with Gasteiger partial charge in [0.05, 0.1) is 18.4 Å². The molecule has 3 aromatic rings. The molecule has 6 nitrogen and oxygen atoms in total. The van der Waals surface area contributed by atoms with E-state index in [4.69, 9.17) is 9.47 Å². The van der Waals surface area contributed by atoms with Gasteiger partial charge in [-0.2, -0.15) is 5.10 Å². The zero-order chi connectivity index (χ0) is 19.6. The molecule has 29 heavy (non-hydrogen) atoms. The smallest absolute Gasteiger partial charge is 0.279 e. The number of para-hydroxylation sites is 1. The van der Waals surface area contributed by atoms with Gasteiger partial charge in [-0.3, -0.25) is 4.79 Å². The van der Waals surface area contributed by atoms with Crippen LogP contribution in [0.5, 0.6) is 11.5 Å². The highest BCUT2D eigenvalue weighted by Gasteiger charge is 2.33. The second kappa shape index (κ2) is 7.24. The highest BCUT2D eigenvalue weighted by atomic mass is 16.7. The average molecular weight is 383 g/mol. The maximum atomic E-state index is 13.0. The van der Waals surface area contributed by atoms with Gasteiger partial charge in [-0.15, -0.1) is 5.10 Å². The molecule has 0 atom stereocenters. The van der Waals surface area contributed by atoms with Crippen LogP contribution in [0.15, 0.2) is 83.0 Å². The zero-order valence-electron chi connectivity index (χ0n) is 15.5. The minimum atomic E-state index is -0.155. The molecule has 1 amide bonds. The van der Waals surface area contributed by atoms with Crippen LogP contribution in [-0.4, -0.2) is 24.6 Å². The standard InChI is InChI=1S/C23H17N3O3/c27-23-22(25-24-13-17-10-11-20-21(12-17)29-15-28-20)18-8-4-5-9-19(18)26(23)14-16-6-2-1-3-7-16/h1-13H,14-15H2/b24-13+,25-22-. The maximum absolute atomic E-state index is 13.0. The molecule has 0 N–H and O–H groups in total. The molecule has 2 aliphatic heterocycles. The Kier molecular flexibility index (Phi) is 4.29. The number of carbonyl (C=O) groups is 1. The fraction of sp³-hybridized carbons (Fsp3) is 0.0870. The first-order valence-corrected chi connectivity index (χ1v) is 9.25. The van der Waals surface area contributed by atoms with Crippen LogP contribution in [0.2, 0.25) is 0 Å². The van der Waals surface area contributed by atoms with Crippen molar-refractivity contribution in [2.24, 2.45) is 10.2 Å². The van der Waals surface area contributed by atoms with E-state index in [1.165, 1.54) is 0 Å². The number of anilines is 1. The molecular weight excluding hydrogens is 366 g/mol. The number of rotatable bonds is 4. The van der Waals surface area contributed by atoms with Crippen LogP contribution in [0.3, 0.4) is 0 Å². The Labute approximate surface area is 167 Å². The summed E-state index contributed by atoms with van der Waals surface area (Å²) in [5.74, 6) is 1.24. The Morgan fingerprint density at radius 3 is 2.62 bits per heavy atom. The third kappa shape index (κ3) is 3.25. The topological polar surface area (TPSA) is 63.5 Å². The van der Waals surface area contributed by atoms with Crippen molar-refractivity contribution in [3.05, 3.63) is 89.5 Å². The van der Waals surface area contributed by atoms with Gasteiger partial charge in [0.25, 0.3) is 5.91 Å². The van der Waals surface area contributed by atoms with Gasteiger partial charge in [0.2, 0.25) is 6.79 Å². The normalized spacial score (nSPS) is 16.1. The third-order valence-corrected chi connectivity index (χ3v) is 4.84. The molecule has 2 aliphatic rings. The molecule has 0 aromatic heterocycles. The number of carbonyl (C=O) groups excluding carboxylic acids is 1. The van der Waals surface area contributed by atoms with Crippen LogP contribution in [0, 0.1) is 0 Å². The van der Waals surface area contributed by atoms with E-state index in [-0.39, 0.29) is 12.7 Å². The van der Waals surface area contributed by atoms with Gasteiger partial charge in [-0.1, -0.05) is 48.5 Å². The predicted octanol–water partition coefficient (Wildman–Crippen LogP) is 3.79. The fourth-order valence-electron chi connectivity index (χ4n) is 3.43. The van der Waals surface area contributed by atoms with Crippen molar-refractivity contribution in [1.29, 1.82) is 0 Å². The van der Waals surface area contributed by atoms with Gasteiger partial charge >= 0.3 is 0 Å². The number of ether oxygens (including phenoxy) is 2. The van der Waals surface area contributed by atoms with E-state index in [0.717, 1.165) is 22.4 Å². The molecule has 0 saturated heterocycles. The molecule has 0 unspecified atom stereocenters. The second-order valence-electron chi connectivity index (χ2n) is 6.70. The lowest BCUT2D eigenvalue weighted by Crippen LogP contribution is -2.29. The summed E-state index contributed by atoms with van der Waals surface area (Å²) in [4.78, 5) is 14.8. The summed E-state index contributed by atoms with van der Waals surface area (Å²) < 4.78 is 10.7. The van der Waals surface area contributed by atoms with Crippen LogP contribution >= 0.6 is 0 Å². The Morgan fingerprint density at radius 1 is 0.931 bits per heavy atom. The molecule has 3 aromatic carbocycles. The Balaban J connectivity index is 1.43. The molecule has 0 saturated carbocycles. The number of benzene rings is 3. The summed E-state index contributed by atoms with van der Waals surface area (Å²) in [6.45, 7) is 0.711. The van der Waals surface area contributed by atoms with Crippen LogP contribution in [0.1, 0.15) is 16.7 Å². The quantitative estimate of drug-likeness (QED) is 0.509. The first kappa shape index (κ1) is 17.2. The summed E-state index contributed by atoms with van der Waals surface area (Å²) in [6.07, 6.45) is 1.60. The molecule has 142 valence electrons. The number of amides is 1. The summed E-state index contributed by atoms with van der Waals surface area (Å²) >= 11 is 0. The summed E-state index contributed by atoms with van der Waals surface area (Å²) in [5, 5.41) is 8.41. The van der Waals surface area contributed by atoms with Crippen LogP contribution in [0.4, 0.5) is 5.69 Å². The fourth-order valence-corrected chi connectivity index (χ4v) is 3.43. The summed E-state index contributed by atoms with van der Waals surface area (Å²) in [7, 11) is 0. The molecule has 6 heteroatoms. The third-order valence-electron chi connectivity index (χ3n) is 4.84. The van der Waals surface area contributed by atoms with Gasteiger partial charge in [-0.25, -0.2) is 0 Å². The predicted molar refractivity (Wildman–Crippen MR) is 111 cm³/mol. The first-order chi connectivity index (χ1) is 14.3. The minimum absolute atomic E-state index is 0.155. The zero-order valence-corrected chi connectivity index (χ0v) is 15.5. The second-order valence-corrected chi connectivity index (χ2v) is 6.70. The van der Waals surface area contributed by atoms with E-state index >= 15 is 0 Å². The molecule has 0 aliphatic carbocycles. The van der Waals surface area contributed by atoms with E-state index in [1.807, 2.05) is 72.8 Å². The lowest BCUT2D eigenvalue weighted by atomic mass is 10.1. The Bertz CT molecular complexity index is 1140. The van der Waals surface area contributed by atoms with Gasteiger partial charge in [-0.05, 0) is 35.4 Å². The Hall–Kier alpha value is -3.93. The summed E-state index contributed by atoms with van der Waals surface area (Å²) in [5.41, 5.74) is 3.85. The maximum Gasteiger partial charge on any atom is 0.279 e. The van der Waals surface area contributed by atoms with E-state index in [1.54, 1.807) is 11.1 Å². The number of hydrogen-bond acceptors (Lipinski definition) is 5. The SMILES string of the molecule is O=C1/C(=N\N=C\c2ccc3c(c2)OCO3)c2ccccc2N1Cc1ccccc1. The van der Waals surface area contributed by atoms with Crippen molar-refractivity contribution in [3.63, 3.8) is 0 Å². The van der Waals surface area contributed by atoms with Crippen molar-refractivity contribution in [1.82, 2.24) is 0 Å². The molecular formula is C23H17N3O3. The highest BCUT2D eigenvalue weighted by Crippen LogP contribution is 2.32. The van der Waals surface area contributed by atoms with E-state index in [0.29, 0.717) is 23.8 Å². The largest absolute Gasteiger partial charge is 0.454 e. The Morgan fingerprint density at radius 2 is 1.72 bits per heavy atom. The highest BCUT2D eigenvalue weighted by molar-refractivity contribution is 6.54. The number of fused-ring (bicyclic) bond motifs is 2. The first-order valence-electron chi connectivity index (χ1n) is 9.25. The van der Waals surface area contributed by atoms with Gasteiger partial charge in [0, 0.05) is 5.56 Å². The molecule has 0 bridgehead atoms. The lowest BCUT2D eigenvalue weighted by Gasteiger charge is -2.16. The number of nitrogens with zero attached hydrogens (tertiary/aromatic N) is 3. The minimum Gasteiger partial charge on any atom is -0.454 e. The average Bonchev–Trinajstić information content (AvgIpc) is 3.33. The van der Waals surface area contributed by atoms with Crippen molar-refractivity contribution in [2.45, 2.75) is 6.54 Å². The van der Waals surface area contributed by atoms with Crippen molar-refractivity contribution < 1.29 is 14.3 Å². The van der Waals surface area contributed by atoms with E-state index < -0.39 is 0 Å². The van der Waals surface area contributed by atoms with Crippen LogP contribution in [0.25, 0.3) is 0 Å². The monoisotopic (exact) mass is 383 g/mol. The van der Waals surface area contributed by atoms with Gasteiger partial charge in [0.1, 0.15) is 0 Å². The van der Waals surface area contributed by atoms with E-state index in [2.05, 4.69) is 10.2 Å². The van der Waals surface area contributed by atoms with Gasteiger partial charge in [0.15, 0.2) is 17.2 Å². The van der Waals surface area contributed by atoms with E-state index in [9.17, 15) is 4.79 Å². The molecule has 0 spiro atoms. The van der Waals surface area contributed by atoms with Crippen LogP contribution in [-0.2, 0) is 11.3 Å². The van der Waals surface area contributed by atoms with Crippen molar-refractivity contribution >= 4 is 23.5 Å². The molecule has 5 rings (SSSR count). The lowest BCUT2D eigenvalue weighted by molar-refractivity contribution is -0.112. The van der Waals surface area contributed by atoms with Crippen molar-refractivity contribution in [3.8, 4) is 11.5 Å². The van der Waals surface area contributed by atoms with Gasteiger partial charge < -0.3 is 14.4 Å². The summed E-state index contributed by atoms with van der Waals surface area (Å²) in [6, 6.07) is 23.1. The van der Waals surface area contributed by atoms with Crippen molar-refractivity contribution in [2.75, 3.05) is 11.7 Å². The number of hydrogen-bond donors (Lipinski definition) is 0. The molecule has 2 heterocycles. The molecule has 0 fully saturated rings. The van der Waals surface area contributed by atoms with Crippen LogP contribution < -0.4 is 14.4 Å². The molecule has 0 radical (unpaired) electrons.